The van der Waals surface area contributed by atoms with E-state index >= 15 is 0 Å². The first-order valence-electron chi connectivity index (χ1n) is 10.9. The molecule has 0 bridgehead atoms. The second kappa shape index (κ2) is 12.3. The summed E-state index contributed by atoms with van der Waals surface area (Å²) in [4.78, 5) is 7.31. The second-order valence-electron chi connectivity index (χ2n) is 9.13. The summed E-state index contributed by atoms with van der Waals surface area (Å²) in [5.41, 5.74) is 1.30. The molecule has 1 aromatic carbocycles. The summed E-state index contributed by atoms with van der Waals surface area (Å²) >= 11 is 0. The normalized spacial score (nSPS) is 20.6. The van der Waals surface area contributed by atoms with Crippen LogP contribution in [0, 0.1) is 11.3 Å². The second-order valence-corrected chi connectivity index (χ2v) is 11.4. The summed E-state index contributed by atoms with van der Waals surface area (Å²) in [6.45, 7) is 12.0. The van der Waals surface area contributed by atoms with Crippen LogP contribution in [0.1, 0.15) is 58.4 Å². The van der Waals surface area contributed by atoms with Crippen molar-refractivity contribution in [3.63, 3.8) is 0 Å². The number of halogens is 1. The van der Waals surface area contributed by atoms with Gasteiger partial charge in [-0.1, -0.05) is 57.5 Å². The zero-order valence-corrected chi connectivity index (χ0v) is 22.4. The lowest BCUT2D eigenvalue weighted by molar-refractivity contribution is 0.214. The molecule has 1 aliphatic rings. The molecule has 2 rings (SSSR count). The maximum atomic E-state index is 11.5. The molecule has 0 amide bonds. The fourth-order valence-corrected chi connectivity index (χ4v) is 4.96. The van der Waals surface area contributed by atoms with E-state index in [1.54, 1.807) is 0 Å². The largest absolute Gasteiger partial charge is 0.357 e. The number of hydrogen-bond donors (Lipinski definition) is 1. The van der Waals surface area contributed by atoms with Crippen molar-refractivity contribution in [2.75, 3.05) is 38.2 Å². The lowest BCUT2D eigenvalue weighted by atomic mass is 9.79. The summed E-state index contributed by atoms with van der Waals surface area (Å²) in [5.74, 6) is 2.39. The zero-order chi connectivity index (χ0) is 21.5. The molecule has 2 unspecified atom stereocenters. The van der Waals surface area contributed by atoms with Gasteiger partial charge in [0.2, 0.25) is 0 Å². The molecule has 1 aromatic rings. The van der Waals surface area contributed by atoms with E-state index in [2.05, 4.69) is 68.2 Å². The predicted molar refractivity (Wildman–Crippen MR) is 139 cm³/mol. The fourth-order valence-electron chi connectivity index (χ4n) is 4.03. The lowest BCUT2D eigenvalue weighted by Gasteiger charge is -2.40. The van der Waals surface area contributed by atoms with Crippen LogP contribution in [0.2, 0.25) is 0 Å². The van der Waals surface area contributed by atoms with Crippen molar-refractivity contribution >= 4 is 39.8 Å². The van der Waals surface area contributed by atoms with Crippen LogP contribution in [-0.2, 0) is 9.84 Å². The van der Waals surface area contributed by atoms with Gasteiger partial charge in [-0.05, 0) is 42.6 Å². The predicted octanol–water partition coefficient (Wildman–Crippen LogP) is 4.55. The van der Waals surface area contributed by atoms with E-state index in [0.29, 0.717) is 24.8 Å². The van der Waals surface area contributed by atoms with Gasteiger partial charge in [0.05, 0.1) is 5.75 Å². The monoisotopic (exact) mass is 549 g/mol. The molecule has 0 radical (unpaired) electrons. The van der Waals surface area contributed by atoms with Crippen LogP contribution in [0.25, 0.3) is 0 Å². The van der Waals surface area contributed by atoms with Gasteiger partial charge in [0.15, 0.2) is 5.96 Å². The Bertz CT molecular complexity index is 766. The average molecular weight is 550 g/mol. The number of sulfone groups is 1. The summed E-state index contributed by atoms with van der Waals surface area (Å²) in [5, 5.41) is 3.45. The Kier molecular flexibility index (Phi) is 11.1. The van der Waals surface area contributed by atoms with Crippen LogP contribution >= 0.6 is 24.0 Å². The van der Waals surface area contributed by atoms with E-state index < -0.39 is 9.84 Å². The molecular weight excluding hydrogens is 509 g/mol. The molecule has 1 heterocycles. The molecule has 2 atom stereocenters. The quantitative estimate of drug-likeness (QED) is 0.294. The number of nitrogens with one attached hydrogen (secondary N) is 1. The molecule has 0 spiro atoms. The molecule has 0 saturated carbocycles. The van der Waals surface area contributed by atoms with Gasteiger partial charge in [-0.25, -0.2) is 8.42 Å². The molecule has 172 valence electrons. The Hall–Kier alpha value is -0.830. The number of piperidine rings is 1. The molecule has 0 aromatic heterocycles. The Morgan fingerprint density at radius 1 is 1.23 bits per heavy atom. The third-order valence-corrected chi connectivity index (χ3v) is 6.87. The topological polar surface area (TPSA) is 61.8 Å². The van der Waals surface area contributed by atoms with Crippen molar-refractivity contribution < 1.29 is 8.42 Å². The smallest absolute Gasteiger partial charge is 0.193 e. The lowest BCUT2D eigenvalue weighted by Crippen LogP contribution is -2.48. The van der Waals surface area contributed by atoms with Gasteiger partial charge >= 0.3 is 0 Å². The maximum absolute atomic E-state index is 11.5. The van der Waals surface area contributed by atoms with E-state index in [1.165, 1.54) is 11.8 Å². The van der Waals surface area contributed by atoms with Crippen LogP contribution in [0.5, 0.6) is 0 Å². The highest BCUT2D eigenvalue weighted by Crippen LogP contribution is 2.35. The summed E-state index contributed by atoms with van der Waals surface area (Å²) < 4.78 is 23.1. The Balaban J connectivity index is 0.00000450. The number of benzene rings is 1. The van der Waals surface area contributed by atoms with Gasteiger partial charge in [0.1, 0.15) is 9.84 Å². The summed E-state index contributed by atoms with van der Waals surface area (Å²) in [7, 11) is -2.94. The van der Waals surface area contributed by atoms with E-state index in [0.717, 1.165) is 38.4 Å². The Morgan fingerprint density at radius 3 is 2.47 bits per heavy atom. The third-order valence-electron chi connectivity index (χ3n) is 5.93. The standard InChI is InChI=1S/C23H39N3O2S.HI/c1-6-19-17-26(15-13-21(19)20-11-9-8-10-12-20)22(24-7-2)25-18-23(3,4)14-16-29(5,27)28;/h8-12,19,21H,6-7,13-18H2,1-5H3,(H,24,25);1H. The minimum Gasteiger partial charge on any atom is -0.357 e. The highest BCUT2D eigenvalue weighted by molar-refractivity contribution is 14.0. The van der Waals surface area contributed by atoms with Crippen molar-refractivity contribution in [1.29, 1.82) is 0 Å². The molecule has 1 aliphatic heterocycles. The molecule has 7 heteroatoms. The molecule has 0 aliphatic carbocycles. The minimum atomic E-state index is -2.94. The van der Waals surface area contributed by atoms with Crippen molar-refractivity contribution in [2.45, 2.75) is 52.9 Å². The van der Waals surface area contributed by atoms with E-state index in [-0.39, 0.29) is 35.1 Å². The third kappa shape index (κ3) is 8.73. The maximum Gasteiger partial charge on any atom is 0.193 e. The molecule has 5 nitrogen and oxygen atoms in total. The number of likely N-dealkylation sites (tertiary alicyclic amines) is 1. The van der Waals surface area contributed by atoms with Gasteiger partial charge in [-0.15, -0.1) is 24.0 Å². The van der Waals surface area contributed by atoms with Crippen molar-refractivity contribution in [2.24, 2.45) is 16.3 Å². The number of rotatable bonds is 8. The fraction of sp³-hybridized carbons (Fsp3) is 0.696. The number of nitrogens with zero attached hydrogens (tertiary/aromatic N) is 2. The highest BCUT2D eigenvalue weighted by atomic mass is 127. The first kappa shape index (κ1) is 27.2. The molecule has 1 saturated heterocycles. The zero-order valence-electron chi connectivity index (χ0n) is 19.2. The minimum absolute atomic E-state index is 0. The Morgan fingerprint density at radius 2 is 1.90 bits per heavy atom. The Labute approximate surface area is 201 Å². The van der Waals surface area contributed by atoms with E-state index in [9.17, 15) is 8.42 Å². The summed E-state index contributed by atoms with van der Waals surface area (Å²) in [6, 6.07) is 10.9. The van der Waals surface area contributed by atoms with Crippen molar-refractivity contribution in [3.8, 4) is 0 Å². The van der Waals surface area contributed by atoms with Gasteiger partial charge in [-0.2, -0.15) is 0 Å². The van der Waals surface area contributed by atoms with Crippen LogP contribution in [0.15, 0.2) is 35.3 Å². The van der Waals surface area contributed by atoms with E-state index in [1.807, 2.05) is 0 Å². The van der Waals surface area contributed by atoms with Gasteiger partial charge < -0.3 is 10.2 Å². The van der Waals surface area contributed by atoms with Crippen LogP contribution in [0.4, 0.5) is 0 Å². The number of guanidine groups is 1. The van der Waals surface area contributed by atoms with Crippen molar-refractivity contribution in [3.05, 3.63) is 35.9 Å². The molecular formula is C23H40IN3O2S. The number of aliphatic imine (C=N–C) groups is 1. The van der Waals surface area contributed by atoms with Crippen LogP contribution < -0.4 is 5.32 Å². The van der Waals surface area contributed by atoms with Crippen LogP contribution in [-0.4, -0.2) is 57.5 Å². The SMILES string of the molecule is CCNC(=NCC(C)(C)CCS(C)(=O)=O)N1CCC(c2ccccc2)C(CC)C1.I. The summed E-state index contributed by atoms with van der Waals surface area (Å²) in [6.07, 6.45) is 4.21. The first-order valence-corrected chi connectivity index (χ1v) is 13.0. The van der Waals surface area contributed by atoms with Gasteiger partial charge in [0.25, 0.3) is 0 Å². The molecule has 1 fully saturated rings. The average Bonchev–Trinajstić information content (AvgIpc) is 2.69. The molecule has 30 heavy (non-hydrogen) atoms. The van der Waals surface area contributed by atoms with Gasteiger partial charge in [0, 0.05) is 32.4 Å². The van der Waals surface area contributed by atoms with Crippen molar-refractivity contribution in [1.82, 2.24) is 10.2 Å². The molecule has 1 N–H and O–H groups in total. The first-order chi connectivity index (χ1) is 13.6. The van der Waals surface area contributed by atoms with E-state index in [4.69, 9.17) is 4.99 Å². The highest BCUT2D eigenvalue weighted by Gasteiger charge is 2.31. The van der Waals surface area contributed by atoms with Crippen LogP contribution in [0.3, 0.4) is 0 Å². The van der Waals surface area contributed by atoms with Gasteiger partial charge in [-0.3, -0.25) is 4.99 Å². The number of hydrogen-bond acceptors (Lipinski definition) is 3.